The van der Waals surface area contributed by atoms with Crippen LogP contribution >= 0.6 is 11.3 Å². The number of nitrogens with zero attached hydrogens (tertiary/aromatic N) is 1. The fourth-order valence-corrected chi connectivity index (χ4v) is 6.39. The molecule has 3 rings (SSSR count). The summed E-state index contributed by atoms with van der Waals surface area (Å²) < 4.78 is 27.3. The molecule has 2 N–H and O–H groups in total. The predicted octanol–water partition coefficient (Wildman–Crippen LogP) is 2.55. The van der Waals surface area contributed by atoms with Crippen LogP contribution in [0.5, 0.6) is 0 Å². The van der Waals surface area contributed by atoms with Crippen LogP contribution in [-0.2, 0) is 16.6 Å². The number of sulfonamides is 1. The molecular formula is C14H22N2O2S2. The van der Waals surface area contributed by atoms with Crippen molar-refractivity contribution in [1.82, 2.24) is 4.31 Å². The molecule has 0 atom stereocenters. The first-order valence-electron chi connectivity index (χ1n) is 7.35. The van der Waals surface area contributed by atoms with E-state index in [2.05, 4.69) is 0 Å². The van der Waals surface area contributed by atoms with Crippen LogP contribution in [0.25, 0.3) is 0 Å². The molecule has 4 nitrogen and oxygen atoms in total. The fourth-order valence-electron chi connectivity index (χ4n) is 3.56. The van der Waals surface area contributed by atoms with Crippen LogP contribution in [0.3, 0.4) is 0 Å². The molecule has 20 heavy (non-hydrogen) atoms. The molecule has 1 aromatic rings. The third kappa shape index (κ3) is 2.54. The van der Waals surface area contributed by atoms with E-state index in [4.69, 9.17) is 5.73 Å². The van der Waals surface area contributed by atoms with Gasteiger partial charge < -0.3 is 5.73 Å². The van der Waals surface area contributed by atoms with Gasteiger partial charge in [-0.25, -0.2) is 8.42 Å². The van der Waals surface area contributed by atoms with Crippen molar-refractivity contribution in [1.29, 1.82) is 0 Å². The second-order valence-electron chi connectivity index (χ2n) is 6.04. The highest BCUT2D eigenvalue weighted by molar-refractivity contribution is 7.91. The molecule has 1 aliphatic heterocycles. The topological polar surface area (TPSA) is 63.4 Å². The van der Waals surface area contributed by atoms with Gasteiger partial charge in [-0.2, -0.15) is 4.31 Å². The van der Waals surface area contributed by atoms with Crippen molar-refractivity contribution in [3.05, 3.63) is 17.0 Å². The molecule has 1 spiro atoms. The van der Waals surface area contributed by atoms with Crippen LogP contribution in [0.15, 0.2) is 16.3 Å². The van der Waals surface area contributed by atoms with E-state index in [1.165, 1.54) is 37.0 Å². The lowest BCUT2D eigenvalue weighted by Crippen LogP contribution is -2.41. The van der Waals surface area contributed by atoms with E-state index in [9.17, 15) is 8.42 Å². The van der Waals surface area contributed by atoms with Gasteiger partial charge in [0.2, 0.25) is 0 Å². The first-order valence-corrected chi connectivity index (χ1v) is 9.60. The Kier molecular flexibility index (Phi) is 3.92. The normalized spacial score (nSPS) is 23.4. The largest absolute Gasteiger partial charge is 0.326 e. The van der Waals surface area contributed by atoms with Gasteiger partial charge in [-0.05, 0) is 43.2 Å². The Morgan fingerprint density at radius 1 is 1.15 bits per heavy atom. The average Bonchev–Trinajstić information content (AvgIpc) is 3.09. The Balaban J connectivity index is 1.73. The number of rotatable bonds is 3. The molecule has 0 radical (unpaired) electrons. The Morgan fingerprint density at radius 2 is 1.80 bits per heavy atom. The minimum Gasteiger partial charge on any atom is -0.326 e. The maximum absolute atomic E-state index is 12.6. The maximum Gasteiger partial charge on any atom is 0.252 e. The van der Waals surface area contributed by atoms with Crippen molar-refractivity contribution in [3.8, 4) is 0 Å². The van der Waals surface area contributed by atoms with Gasteiger partial charge in [0.25, 0.3) is 10.0 Å². The Bertz CT molecular complexity index is 564. The molecule has 2 heterocycles. The van der Waals surface area contributed by atoms with Gasteiger partial charge in [-0.3, -0.25) is 0 Å². The summed E-state index contributed by atoms with van der Waals surface area (Å²) in [5.74, 6) is 0. The van der Waals surface area contributed by atoms with Gasteiger partial charge in [0.15, 0.2) is 0 Å². The summed E-state index contributed by atoms with van der Waals surface area (Å²) >= 11 is 1.30. The Hall–Kier alpha value is -0.430. The van der Waals surface area contributed by atoms with Gasteiger partial charge in [-0.15, -0.1) is 11.3 Å². The molecule has 1 aliphatic carbocycles. The molecule has 0 amide bonds. The number of nitrogens with two attached hydrogens (primary N) is 1. The quantitative estimate of drug-likeness (QED) is 0.932. The number of hydrogen-bond acceptors (Lipinski definition) is 4. The van der Waals surface area contributed by atoms with E-state index in [0.29, 0.717) is 29.3 Å². The van der Waals surface area contributed by atoms with Crippen molar-refractivity contribution < 1.29 is 8.42 Å². The predicted molar refractivity (Wildman–Crippen MR) is 81.1 cm³/mol. The molecule has 0 aromatic carbocycles. The van der Waals surface area contributed by atoms with E-state index in [0.717, 1.165) is 17.7 Å². The summed E-state index contributed by atoms with van der Waals surface area (Å²) in [4.78, 5) is 0.924. The summed E-state index contributed by atoms with van der Waals surface area (Å²) in [7, 11) is -3.30. The van der Waals surface area contributed by atoms with Crippen molar-refractivity contribution in [2.75, 3.05) is 13.1 Å². The molecule has 0 bridgehead atoms. The molecule has 6 heteroatoms. The zero-order valence-corrected chi connectivity index (χ0v) is 13.3. The third-order valence-corrected chi connectivity index (χ3v) is 8.35. The highest BCUT2D eigenvalue weighted by atomic mass is 32.2. The summed E-state index contributed by atoms with van der Waals surface area (Å²) in [5.41, 5.74) is 6.01. The second-order valence-corrected chi connectivity index (χ2v) is 9.37. The van der Waals surface area contributed by atoms with Crippen molar-refractivity contribution in [2.45, 2.75) is 49.3 Å². The van der Waals surface area contributed by atoms with Gasteiger partial charge in [-0.1, -0.05) is 12.8 Å². The Labute approximate surface area is 125 Å². The zero-order valence-electron chi connectivity index (χ0n) is 11.7. The molecule has 1 aromatic heterocycles. The van der Waals surface area contributed by atoms with Crippen LogP contribution < -0.4 is 5.73 Å². The van der Waals surface area contributed by atoms with E-state index in [1.807, 2.05) is 6.07 Å². The highest BCUT2D eigenvalue weighted by Crippen LogP contribution is 2.46. The highest BCUT2D eigenvalue weighted by Gasteiger charge is 2.40. The summed E-state index contributed by atoms with van der Waals surface area (Å²) in [5, 5.41) is 0. The molecule has 1 saturated carbocycles. The molecular weight excluding hydrogens is 292 g/mol. The zero-order chi connectivity index (χ0) is 14.2. The SMILES string of the molecule is NCc1ccc(S(=O)(=O)N2CCC3(CCCC3)CC2)s1. The van der Waals surface area contributed by atoms with Crippen LogP contribution in [0.4, 0.5) is 0 Å². The molecule has 1 saturated heterocycles. The molecule has 2 fully saturated rings. The second kappa shape index (κ2) is 5.40. The minimum absolute atomic E-state index is 0.406. The monoisotopic (exact) mass is 314 g/mol. The van der Waals surface area contributed by atoms with Crippen molar-refractivity contribution in [3.63, 3.8) is 0 Å². The minimum atomic E-state index is -3.30. The average molecular weight is 314 g/mol. The molecule has 112 valence electrons. The van der Waals surface area contributed by atoms with Gasteiger partial charge in [0, 0.05) is 24.5 Å². The lowest BCUT2D eigenvalue weighted by atomic mass is 9.78. The van der Waals surface area contributed by atoms with Crippen LogP contribution in [-0.4, -0.2) is 25.8 Å². The van der Waals surface area contributed by atoms with E-state index in [1.54, 1.807) is 10.4 Å². The first-order chi connectivity index (χ1) is 9.56. The number of thiophene rings is 1. The summed E-state index contributed by atoms with van der Waals surface area (Å²) in [6.07, 6.45) is 7.27. The first kappa shape index (κ1) is 14.5. The van der Waals surface area contributed by atoms with E-state index < -0.39 is 10.0 Å². The molecule has 0 unspecified atom stereocenters. The summed E-state index contributed by atoms with van der Waals surface area (Å²) in [6, 6.07) is 3.52. The van der Waals surface area contributed by atoms with Gasteiger partial charge in [0.05, 0.1) is 0 Å². The third-order valence-electron chi connectivity index (χ3n) is 4.88. The van der Waals surface area contributed by atoms with E-state index >= 15 is 0 Å². The van der Waals surface area contributed by atoms with Crippen molar-refractivity contribution in [2.24, 2.45) is 11.1 Å². The van der Waals surface area contributed by atoms with Gasteiger partial charge >= 0.3 is 0 Å². The Morgan fingerprint density at radius 3 is 2.35 bits per heavy atom. The smallest absolute Gasteiger partial charge is 0.252 e. The number of piperidine rings is 1. The lowest BCUT2D eigenvalue weighted by Gasteiger charge is -2.38. The standard InChI is InChI=1S/C14H22N2O2S2/c15-11-12-3-4-13(19-12)20(17,18)16-9-7-14(8-10-16)5-1-2-6-14/h3-4H,1-2,5-11,15H2. The van der Waals surface area contributed by atoms with Crippen LogP contribution in [0.2, 0.25) is 0 Å². The summed E-state index contributed by atoms with van der Waals surface area (Å²) in [6.45, 7) is 1.76. The number of hydrogen-bond donors (Lipinski definition) is 1. The molecule has 2 aliphatic rings. The lowest BCUT2D eigenvalue weighted by molar-refractivity contribution is 0.160. The van der Waals surface area contributed by atoms with Crippen molar-refractivity contribution >= 4 is 21.4 Å². The van der Waals surface area contributed by atoms with Crippen LogP contribution in [0, 0.1) is 5.41 Å². The van der Waals surface area contributed by atoms with Crippen LogP contribution in [0.1, 0.15) is 43.4 Å². The maximum atomic E-state index is 12.6. The fraction of sp³-hybridized carbons (Fsp3) is 0.714. The van der Waals surface area contributed by atoms with Gasteiger partial charge in [0.1, 0.15) is 4.21 Å². The van der Waals surface area contributed by atoms with E-state index in [-0.39, 0.29) is 0 Å².